The number of anilines is 3. The van der Waals surface area contributed by atoms with Crippen molar-refractivity contribution in [3.8, 4) is 0 Å². The molecule has 2 fully saturated rings. The number of rotatable bonds is 5. The lowest BCUT2D eigenvalue weighted by Gasteiger charge is -2.37. The van der Waals surface area contributed by atoms with Gasteiger partial charge in [-0.15, -0.1) is 37.2 Å². The third-order valence-electron chi connectivity index (χ3n) is 7.54. The Morgan fingerprint density at radius 2 is 1.58 bits per heavy atom. The Hall–Kier alpha value is -2.74. The zero-order valence-electron chi connectivity index (χ0n) is 21.6. The third kappa shape index (κ3) is 6.45. The van der Waals surface area contributed by atoms with Crippen LogP contribution < -0.4 is 15.1 Å². The lowest BCUT2D eigenvalue weighted by atomic mass is 10.1. The molecule has 1 aliphatic carbocycles. The number of aromatic nitrogens is 1. The van der Waals surface area contributed by atoms with Crippen molar-refractivity contribution in [2.45, 2.75) is 39.5 Å². The minimum Gasteiger partial charge on any atom is -0.478 e. The Morgan fingerprint density at radius 1 is 0.921 bits per heavy atom. The normalized spacial score (nSPS) is 15.3. The predicted molar refractivity (Wildman–Crippen MR) is 161 cm³/mol. The summed E-state index contributed by atoms with van der Waals surface area (Å²) in [6, 6.07) is 13.4. The molecule has 3 aromatic rings. The second-order valence-corrected chi connectivity index (χ2v) is 9.73. The summed E-state index contributed by atoms with van der Waals surface area (Å²) in [5.41, 5.74) is 5.29. The molecule has 38 heavy (non-hydrogen) atoms. The first kappa shape index (κ1) is 31.5. The minimum absolute atomic E-state index is 0. The predicted octanol–water partition coefficient (Wildman–Crippen LogP) is 6.27. The molecule has 10 heteroatoms. The van der Waals surface area contributed by atoms with Crippen molar-refractivity contribution in [3.05, 3.63) is 59.2 Å². The number of nitrogens with one attached hydrogen (secondary N) is 1. The van der Waals surface area contributed by atoms with Gasteiger partial charge in [-0.3, -0.25) is 4.79 Å². The second-order valence-electron chi connectivity index (χ2n) is 9.73. The zero-order chi connectivity index (χ0) is 24.5. The first-order chi connectivity index (χ1) is 16.9. The highest BCUT2D eigenvalue weighted by Crippen LogP contribution is 2.30. The first-order valence-corrected chi connectivity index (χ1v) is 12.5. The minimum atomic E-state index is -0.994. The highest BCUT2D eigenvalue weighted by atomic mass is 35.5. The molecule has 1 aliphatic heterocycles. The Morgan fingerprint density at radius 3 is 2.24 bits per heavy atom. The zero-order valence-corrected chi connectivity index (χ0v) is 24.1. The summed E-state index contributed by atoms with van der Waals surface area (Å²) in [4.78, 5) is 34.0. The standard InChI is InChI=1S/C28H32N4O3.3ClH/c1-18-6-5-9-25(19(18)2)31-12-14-32(15-13-31)26-17-23(28(34)35)22-16-21(10-11-24(22)30-26)29-27(33)20-7-3-4-8-20;;;/h5-6,9-11,16-17,20H,3-4,7-8,12-15H2,1-2H3,(H,29,33)(H,34,35);3*1H. The van der Waals surface area contributed by atoms with E-state index in [2.05, 4.69) is 47.2 Å². The molecule has 5 rings (SSSR count). The van der Waals surface area contributed by atoms with Gasteiger partial charge in [0.2, 0.25) is 5.91 Å². The van der Waals surface area contributed by atoms with Gasteiger partial charge in [-0.25, -0.2) is 9.78 Å². The average Bonchev–Trinajstić information content (AvgIpc) is 3.40. The molecule has 0 radical (unpaired) electrons. The fraction of sp³-hybridized carbons (Fsp3) is 0.393. The van der Waals surface area contributed by atoms with Gasteiger partial charge >= 0.3 is 5.97 Å². The number of aryl methyl sites for hydroxylation is 1. The monoisotopic (exact) mass is 580 g/mol. The molecule has 7 nitrogen and oxygen atoms in total. The number of aromatic carboxylic acids is 1. The molecular weight excluding hydrogens is 547 g/mol. The molecule has 2 N–H and O–H groups in total. The number of carbonyl (C=O) groups excluding carboxylic acids is 1. The smallest absolute Gasteiger partial charge is 0.336 e. The molecule has 1 saturated carbocycles. The van der Waals surface area contributed by atoms with Gasteiger partial charge in [0.05, 0.1) is 11.1 Å². The quantitative estimate of drug-likeness (QED) is 0.369. The third-order valence-corrected chi connectivity index (χ3v) is 7.54. The summed E-state index contributed by atoms with van der Waals surface area (Å²) in [5, 5.41) is 13.5. The number of hydrogen-bond acceptors (Lipinski definition) is 5. The van der Waals surface area contributed by atoms with Gasteiger partial charge in [0.15, 0.2) is 0 Å². The number of piperazine rings is 1. The van der Waals surface area contributed by atoms with Crippen molar-refractivity contribution < 1.29 is 14.7 Å². The molecule has 1 saturated heterocycles. The Kier molecular flexibility index (Phi) is 11.1. The Labute approximate surface area is 242 Å². The Balaban J connectivity index is 0.00000169. The first-order valence-electron chi connectivity index (χ1n) is 12.5. The summed E-state index contributed by atoms with van der Waals surface area (Å²) in [6.07, 6.45) is 4.01. The van der Waals surface area contributed by atoms with E-state index < -0.39 is 5.97 Å². The van der Waals surface area contributed by atoms with E-state index in [4.69, 9.17) is 4.98 Å². The van der Waals surface area contributed by atoms with Crippen LogP contribution in [0.4, 0.5) is 17.2 Å². The summed E-state index contributed by atoms with van der Waals surface area (Å²) < 4.78 is 0. The molecule has 0 spiro atoms. The van der Waals surface area contributed by atoms with Gasteiger partial charge in [0.25, 0.3) is 0 Å². The van der Waals surface area contributed by atoms with Crippen LogP contribution in [0.3, 0.4) is 0 Å². The van der Waals surface area contributed by atoms with Gasteiger partial charge in [0.1, 0.15) is 5.82 Å². The largest absolute Gasteiger partial charge is 0.478 e. The lowest BCUT2D eigenvalue weighted by Crippen LogP contribution is -2.47. The maximum absolute atomic E-state index is 12.5. The number of carbonyl (C=O) groups is 2. The summed E-state index contributed by atoms with van der Waals surface area (Å²) >= 11 is 0. The van der Waals surface area contributed by atoms with Crippen molar-refractivity contribution in [3.63, 3.8) is 0 Å². The van der Waals surface area contributed by atoms with Crippen molar-refractivity contribution >= 4 is 77.2 Å². The average molecular weight is 582 g/mol. The van der Waals surface area contributed by atoms with Crippen LogP contribution in [0.25, 0.3) is 10.9 Å². The van der Waals surface area contributed by atoms with Gasteiger partial charge in [-0.1, -0.05) is 25.0 Å². The van der Waals surface area contributed by atoms with Crippen LogP contribution in [-0.2, 0) is 4.79 Å². The molecule has 2 aromatic carbocycles. The van der Waals surface area contributed by atoms with Crippen LogP contribution in [0.5, 0.6) is 0 Å². The van der Waals surface area contributed by atoms with E-state index in [-0.39, 0.29) is 54.6 Å². The van der Waals surface area contributed by atoms with Crippen molar-refractivity contribution in [1.82, 2.24) is 4.98 Å². The van der Waals surface area contributed by atoms with Crippen molar-refractivity contribution in [2.75, 3.05) is 41.3 Å². The van der Waals surface area contributed by atoms with Crippen LogP contribution in [0.15, 0.2) is 42.5 Å². The lowest BCUT2D eigenvalue weighted by molar-refractivity contribution is -0.119. The molecule has 0 bridgehead atoms. The van der Waals surface area contributed by atoms with Crippen molar-refractivity contribution in [2.24, 2.45) is 5.92 Å². The summed E-state index contributed by atoms with van der Waals surface area (Å²) in [6.45, 7) is 7.51. The molecule has 2 aliphatic rings. The van der Waals surface area contributed by atoms with E-state index in [1.165, 1.54) is 16.8 Å². The Bertz CT molecular complexity index is 1290. The van der Waals surface area contributed by atoms with E-state index in [1.807, 2.05) is 12.1 Å². The van der Waals surface area contributed by atoms with Crippen LogP contribution >= 0.6 is 37.2 Å². The number of halogens is 3. The van der Waals surface area contributed by atoms with Crippen LogP contribution in [0, 0.1) is 19.8 Å². The highest BCUT2D eigenvalue weighted by molar-refractivity contribution is 6.05. The number of amides is 1. The summed E-state index contributed by atoms with van der Waals surface area (Å²) in [7, 11) is 0. The van der Waals surface area contributed by atoms with E-state index in [9.17, 15) is 14.7 Å². The molecule has 0 unspecified atom stereocenters. The van der Waals surface area contributed by atoms with Crippen LogP contribution in [0.1, 0.15) is 47.2 Å². The number of pyridine rings is 1. The molecule has 206 valence electrons. The van der Waals surface area contributed by atoms with Gasteiger partial charge < -0.3 is 20.2 Å². The van der Waals surface area contributed by atoms with E-state index >= 15 is 0 Å². The molecule has 1 amide bonds. The van der Waals surface area contributed by atoms with E-state index in [1.54, 1.807) is 12.1 Å². The maximum atomic E-state index is 12.5. The number of carboxylic acids is 1. The van der Waals surface area contributed by atoms with Crippen LogP contribution in [0.2, 0.25) is 0 Å². The van der Waals surface area contributed by atoms with Gasteiger partial charge in [-0.2, -0.15) is 0 Å². The fourth-order valence-corrected chi connectivity index (χ4v) is 5.32. The van der Waals surface area contributed by atoms with Crippen molar-refractivity contribution in [1.29, 1.82) is 0 Å². The molecule has 2 heterocycles. The topological polar surface area (TPSA) is 85.8 Å². The molecule has 1 aromatic heterocycles. The molecule has 0 atom stereocenters. The maximum Gasteiger partial charge on any atom is 0.336 e. The number of nitrogens with zero attached hydrogens (tertiary/aromatic N) is 3. The number of carboxylic acid groups (broad SMARTS) is 1. The molecular formula is C28H35Cl3N4O3. The van der Waals surface area contributed by atoms with E-state index in [0.717, 1.165) is 51.9 Å². The number of hydrogen-bond donors (Lipinski definition) is 2. The highest BCUT2D eigenvalue weighted by Gasteiger charge is 2.24. The summed E-state index contributed by atoms with van der Waals surface area (Å²) in [5.74, 6) is -0.248. The van der Waals surface area contributed by atoms with E-state index in [0.29, 0.717) is 22.4 Å². The SMILES string of the molecule is Cc1cccc(N2CCN(c3cc(C(=O)O)c4cc(NC(=O)C5CCCC5)ccc4n3)CC2)c1C.Cl.Cl.Cl. The fourth-order valence-electron chi connectivity index (χ4n) is 5.32. The number of benzene rings is 2. The van der Waals surface area contributed by atoms with Gasteiger partial charge in [0, 0.05) is 48.9 Å². The second kappa shape index (κ2) is 13.4. The van der Waals surface area contributed by atoms with Crippen LogP contribution in [-0.4, -0.2) is 48.1 Å². The van der Waals surface area contributed by atoms with Gasteiger partial charge in [-0.05, 0) is 68.1 Å². The number of fused-ring (bicyclic) bond motifs is 1.